The molecule has 0 radical (unpaired) electrons. The fraction of sp³-hybridized carbons (Fsp3) is 0.273. The van der Waals surface area contributed by atoms with Crippen molar-refractivity contribution in [3.63, 3.8) is 0 Å². The molecular weight excluding hydrogens is 306 g/mol. The van der Waals surface area contributed by atoms with Crippen LogP contribution in [0.25, 0.3) is 11.1 Å². The number of benzene rings is 2. The van der Waals surface area contributed by atoms with Crippen molar-refractivity contribution < 1.29 is 0 Å². The number of hydrogen-bond donors (Lipinski definition) is 0. The minimum atomic E-state index is -1.73. The van der Waals surface area contributed by atoms with E-state index in [0.717, 1.165) is 0 Å². The molecule has 0 unspecified atom stereocenters. The van der Waals surface area contributed by atoms with Gasteiger partial charge in [-0.05, 0) is 0 Å². The number of rotatable bonds is 4. The van der Waals surface area contributed by atoms with Gasteiger partial charge in [0.15, 0.2) is 0 Å². The molecule has 0 bridgehead atoms. The van der Waals surface area contributed by atoms with E-state index in [1.807, 2.05) is 0 Å². The SMILES string of the molecule is [Li][C]1=C(c2ccccc2)C(c2ccccc2)=[C]([Li])[Si]1(C(C)C)C(C)C. The first-order chi connectivity index (χ1) is 11.9. The Balaban J connectivity index is 2.38. The molecule has 0 aliphatic carbocycles. The summed E-state index contributed by atoms with van der Waals surface area (Å²) in [7, 11) is -1.73. The van der Waals surface area contributed by atoms with E-state index in [2.05, 4.69) is 124 Å². The van der Waals surface area contributed by atoms with Crippen LogP contribution in [0, 0.1) is 0 Å². The quantitative estimate of drug-likeness (QED) is 0.649. The van der Waals surface area contributed by atoms with Gasteiger partial charge in [0.05, 0.1) is 0 Å². The third kappa shape index (κ3) is 3.02. The number of allylic oxidation sites excluding steroid dienone is 2. The van der Waals surface area contributed by atoms with E-state index in [9.17, 15) is 0 Å². The zero-order chi connectivity index (χ0) is 18.2. The van der Waals surface area contributed by atoms with Crippen molar-refractivity contribution in [1.82, 2.24) is 0 Å². The molecule has 0 fully saturated rings. The van der Waals surface area contributed by atoms with Crippen molar-refractivity contribution in [3.8, 4) is 0 Å². The molecule has 0 nitrogen and oxygen atoms in total. The fourth-order valence-electron chi connectivity index (χ4n) is 5.40. The van der Waals surface area contributed by atoms with Crippen LogP contribution in [-0.2, 0) is 0 Å². The molecule has 0 aromatic heterocycles. The van der Waals surface area contributed by atoms with Crippen LogP contribution in [0.4, 0.5) is 0 Å². The van der Waals surface area contributed by atoms with Crippen molar-refractivity contribution in [3.05, 3.63) is 79.5 Å². The Hall–Kier alpha value is -0.668. The molecule has 3 heteroatoms. The molecule has 0 saturated heterocycles. The van der Waals surface area contributed by atoms with Crippen LogP contribution in [0.15, 0.2) is 68.4 Å². The van der Waals surface area contributed by atoms with Gasteiger partial charge in [0.25, 0.3) is 0 Å². The molecule has 3 rings (SSSR count). The molecule has 0 spiro atoms. The summed E-state index contributed by atoms with van der Waals surface area (Å²) in [6, 6.07) is 22.0. The molecule has 1 aliphatic rings. The maximum absolute atomic E-state index is 2.44. The maximum atomic E-state index is 2.44. The van der Waals surface area contributed by atoms with E-state index in [1.165, 1.54) is 22.3 Å². The Morgan fingerprint density at radius 2 is 0.920 bits per heavy atom. The standard InChI is InChI=1S/C22H24Si.2Li/c1-17(2)23(18(3)4)15-21(19-11-7-5-8-12-19)22(16-23)20-13-9-6-10-14-20;;/h5-14,17-18H,1-4H3;;. The Morgan fingerprint density at radius 1 is 0.600 bits per heavy atom. The van der Waals surface area contributed by atoms with Crippen LogP contribution >= 0.6 is 0 Å². The van der Waals surface area contributed by atoms with Crippen molar-refractivity contribution in [2.45, 2.75) is 38.8 Å². The fourth-order valence-corrected chi connectivity index (χ4v) is 12.1. The molecule has 0 amide bonds. The first kappa shape index (κ1) is 19.1. The molecule has 1 aliphatic heterocycles. The summed E-state index contributed by atoms with van der Waals surface area (Å²) in [4.78, 5) is 0. The Kier molecular flexibility index (Phi) is 5.75. The second kappa shape index (κ2) is 7.52. The van der Waals surface area contributed by atoms with Gasteiger partial charge in [0.2, 0.25) is 0 Å². The third-order valence-electron chi connectivity index (χ3n) is 6.19. The summed E-state index contributed by atoms with van der Waals surface area (Å²) in [6.07, 6.45) is 0. The van der Waals surface area contributed by atoms with Crippen molar-refractivity contribution >= 4 is 54.7 Å². The van der Waals surface area contributed by atoms with Crippen molar-refractivity contribution in [2.24, 2.45) is 0 Å². The van der Waals surface area contributed by atoms with E-state index >= 15 is 0 Å². The zero-order valence-electron chi connectivity index (χ0n) is 16.4. The minimum absolute atomic E-state index is 0.701. The Morgan fingerprint density at radius 3 is 1.20 bits per heavy atom. The normalized spacial score (nSPS) is 17.2. The Bertz CT molecular complexity index is 746. The van der Waals surface area contributed by atoms with Crippen molar-refractivity contribution in [2.75, 3.05) is 0 Å². The van der Waals surface area contributed by atoms with Crippen LogP contribution in [-0.4, -0.2) is 43.5 Å². The van der Waals surface area contributed by atoms with Crippen LogP contribution in [0.2, 0.25) is 11.1 Å². The predicted octanol–water partition coefficient (Wildman–Crippen LogP) is 5.51. The zero-order valence-corrected chi connectivity index (χ0v) is 17.4. The second-order valence-electron chi connectivity index (χ2n) is 7.91. The average Bonchev–Trinajstić information content (AvgIpc) is 2.84. The molecule has 25 heavy (non-hydrogen) atoms. The van der Waals surface area contributed by atoms with Crippen LogP contribution < -0.4 is 0 Å². The van der Waals surface area contributed by atoms with Gasteiger partial charge in [0.1, 0.15) is 0 Å². The molecule has 0 atom stereocenters. The predicted molar refractivity (Wildman–Crippen MR) is 114 cm³/mol. The van der Waals surface area contributed by atoms with Gasteiger partial charge in [-0.3, -0.25) is 0 Å². The first-order valence-electron chi connectivity index (χ1n) is 9.46. The van der Waals surface area contributed by atoms with Crippen molar-refractivity contribution in [1.29, 1.82) is 0 Å². The van der Waals surface area contributed by atoms with E-state index in [4.69, 9.17) is 0 Å². The summed E-state index contributed by atoms with van der Waals surface area (Å²) in [5.41, 5.74) is 7.14. The van der Waals surface area contributed by atoms with E-state index in [0.29, 0.717) is 11.1 Å². The van der Waals surface area contributed by atoms with E-state index < -0.39 is 8.07 Å². The summed E-state index contributed by atoms with van der Waals surface area (Å²) in [6.45, 7) is 9.76. The molecule has 0 N–H and O–H groups in total. The summed E-state index contributed by atoms with van der Waals surface area (Å²) in [5.74, 6) is 0. The molecule has 2 aromatic carbocycles. The molecule has 0 saturated carbocycles. The van der Waals surface area contributed by atoms with Crippen LogP contribution in [0.5, 0.6) is 0 Å². The van der Waals surface area contributed by atoms with Gasteiger partial charge in [-0.2, -0.15) is 0 Å². The van der Waals surface area contributed by atoms with E-state index in [1.54, 1.807) is 7.74 Å². The Labute approximate surface area is 172 Å². The second-order valence-corrected chi connectivity index (χ2v) is 13.5. The van der Waals surface area contributed by atoms with Gasteiger partial charge < -0.3 is 0 Å². The van der Waals surface area contributed by atoms with Gasteiger partial charge in [0, 0.05) is 0 Å². The number of hydrogen-bond acceptors (Lipinski definition) is 0. The molecule has 118 valence electrons. The monoisotopic (exact) mass is 330 g/mol. The van der Waals surface area contributed by atoms with Crippen LogP contribution in [0.1, 0.15) is 38.8 Å². The van der Waals surface area contributed by atoms with Gasteiger partial charge in [-0.1, -0.05) is 0 Å². The van der Waals surface area contributed by atoms with Gasteiger partial charge in [-0.25, -0.2) is 0 Å². The molecule has 2 aromatic rings. The van der Waals surface area contributed by atoms with E-state index in [-0.39, 0.29) is 0 Å². The van der Waals surface area contributed by atoms with Gasteiger partial charge >= 0.3 is 173 Å². The molecule has 1 heterocycles. The summed E-state index contributed by atoms with van der Waals surface area (Å²) in [5, 5.41) is 0. The average molecular weight is 330 g/mol. The third-order valence-corrected chi connectivity index (χ3v) is 12.8. The topological polar surface area (TPSA) is 0 Å². The summed E-state index contributed by atoms with van der Waals surface area (Å²) >= 11 is 4.85. The summed E-state index contributed by atoms with van der Waals surface area (Å²) < 4.78 is 3.33. The van der Waals surface area contributed by atoms with Crippen LogP contribution in [0.3, 0.4) is 0 Å². The first-order valence-corrected chi connectivity index (χ1v) is 11.6. The van der Waals surface area contributed by atoms with Gasteiger partial charge in [-0.15, -0.1) is 0 Å². The molecular formula is C22H24Li2Si.